The van der Waals surface area contributed by atoms with Crippen molar-refractivity contribution >= 4 is 43.6 Å². The molecule has 0 spiro atoms. The first-order chi connectivity index (χ1) is 17.3. The standard InChI is InChI=1S/C20H24ClFN4O9P2/c1-10(11-4-2-3-5-13(11)22)23-17-12-6-7-26(18(12)25-20(21)24-17)19-16(28)15(27)14(35-19)8-34-37(32,33)9-36(29,30)31/h2-7,10,14-16,19,27-28H,8-9H2,1H3,(H,32,33)(H,23,24,25)(H2,29,30,31)/t10?,14-,15-,16-,19-/m1/s1. The largest absolute Gasteiger partial charge is 0.387 e. The number of aromatic nitrogens is 3. The van der Waals surface area contributed by atoms with Crippen LogP contribution in [0.15, 0.2) is 36.5 Å². The molecule has 2 aromatic heterocycles. The number of halogens is 2. The first kappa shape index (κ1) is 28.1. The monoisotopic (exact) mass is 580 g/mol. The summed E-state index contributed by atoms with van der Waals surface area (Å²) in [5.41, 5.74) is 0.598. The quantitative estimate of drug-likeness (QED) is 0.160. The van der Waals surface area contributed by atoms with E-state index in [9.17, 15) is 28.6 Å². The molecule has 1 saturated heterocycles. The van der Waals surface area contributed by atoms with E-state index in [1.807, 2.05) is 0 Å². The predicted molar refractivity (Wildman–Crippen MR) is 130 cm³/mol. The molecule has 6 N–H and O–H groups in total. The lowest BCUT2D eigenvalue weighted by atomic mass is 10.1. The second-order valence-corrected chi connectivity index (χ2v) is 12.8. The fraction of sp³-hybridized carbons (Fsp3) is 0.400. The lowest BCUT2D eigenvalue weighted by Gasteiger charge is -2.19. The fourth-order valence-corrected chi connectivity index (χ4v) is 6.72. The van der Waals surface area contributed by atoms with Crippen molar-refractivity contribution in [3.63, 3.8) is 0 Å². The molecular formula is C20H24ClFN4O9P2. The Kier molecular flexibility index (Phi) is 8.08. The Morgan fingerprint density at radius 1 is 1.19 bits per heavy atom. The molecule has 202 valence electrons. The number of anilines is 1. The van der Waals surface area contributed by atoms with Gasteiger partial charge in [0.2, 0.25) is 5.28 Å². The second kappa shape index (κ2) is 10.7. The van der Waals surface area contributed by atoms with Crippen LogP contribution in [-0.2, 0) is 18.4 Å². The van der Waals surface area contributed by atoms with E-state index < -0.39 is 64.1 Å². The summed E-state index contributed by atoms with van der Waals surface area (Å²) in [6, 6.07) is 7.31. The summed E-state index contributed by atoms with van der Waals surface area (Å²) < 4.78 is 48.9. The Hall–Kier alpha value is -1.96. The Morgan fingerprint density at radius 3 is 2.57 bits per heavy atom. The lowest BCUT2D eigenvalue weighted by Crippen LogP contribution is -2.33. The number of aliphatic hydroxyl groups is 2. The molecule has 0 amide bonds. The van der Waals surface area contributed by atoms with Gasteiger partial charge in [0.1, 0.15) is 35.6 Å². The molecule has 0 saturated carbocycles. The van der Waals surface area contributed by atoms with E-state index in [4.69, 9.17) is 30.6 Å². The van der Waals surface area contributed by atoms with Crippen LogP contribution in [0.2, 0.25) is 5.28 Å². The molecule has 37 heavy (non-hydrogen) atoms. The first-order valence-corrected chi connectivity index (χ1v) is 14.8. The second-order valence-electron chi connectivity index (χ2n) is 8.47. The number of hydrogen-bond donors (Lipinski definition) is 6. The van der Waals surface area contributed by atoms with Gasteiger partial charge in [-0.05, 0) is 30.7 Å². The number of fused-ring (bicyclic) bond motifs is 1. The van der Waals surface area contributed by atoms with E-state index in [-0.39, 0.29) is 16.7 Å². The van der Waals surface area contributed by atoms with E-state index in [0.29, 0.717) is 10.9 Å². The molecule has 2 unspecified atom stereocenters. The molecule has 1 aromatic carbocycles. The lowest BCUT2D eigenvalue weighted by molar-refractivity contribution is -0.0481. The molecule has 1 fully saturated rings. The summed E-state index contributed by atoms with van der Waals surface area (Å²) >= 11 is 6.12. The minimum atomic E-state index is -4.85. The van der Waals surface area contributed by atoms with Gasteiger partial charge in [-0.15, -0.1) is 0 Å². The van der Waals surface area contributed by atoms with Crippen molar-refractivity contribution in [2.75, 3.05) is 17.8 Å². The molecule has 13 nitrogen and oxygen atoms in total. The minimum Gasteiger partial charge on any atom is -0.387 e. The van der Waals surface area contributed by atoms with Crippen LogP contribution < -0.4 is 5.32 Å². The summed E-state index contributed by atoms with van der Waals surface area (Å²) in [7, 11) is -9.55. The smallest absolute Gasteiger partial charge is 0.340 e. The highest BCUT2D eigenvalue weighted by molar-refractivity contribution is 7.70. The van der Waals surface area contributed by atoms with Crippen molar-refractivity contribution in [1.82, 2.24) is 14.5 Å². The topological polar surface area (TPSA) is 196 Å². The van der Waals surface area contributed by atoms with Crippen molar-refractivity contribution in [2.24, 2.45) is 0 Å². The zero-order valence-electron chi connectivity index (χ0n) is 19.1. The van der Waals surface area contributed by atoms with Crippen molar-refractivity contribution < 1.29 is 47.7 Å². The summed E-state index contributed by atoms with van der Waals surface area (Å²) in [5, 5.41) is 24.4. The van der Waals surface area contributed by atoms with Gasteiger partial charge in [0, 0.05) is 11.8 Å². The molecule has 0 aliphatic carbocycles. The van der Waals surface area contributed by atoms with Crippen LogP contribution in [0.3, 0.4) is 0 Å². The third-order valence-corrected chi connectivity index (χ3v) is 9.31. The van der Waals surface area contributed by atoms with Gasteiger partial charge in [-0.2, -0.15) is 4.98 Å². The number of benzene rings is 1. The van der Waals surface area contributed by atoms with Crippen LogP contribution in [0.25, 0.3) is 11.0 Å². The summed E-state index contributed by atoms with van der Waals surface area (Å²) in [6.07, 6.45) is -4.17. The molecule has 3 heterocycles. The highest BCUT2D eigenvalue weighted by Crippen LogP contribution is 2.55. The SMILES string of the molecule is CC(Nc1nc(Cl)nc2c1ccn2[C@@H]1O[C@H](COP(=O)(O)CP(=O)(O)O)[C@@H](O)[C@H]1O)c1ccccc1F. The van der Waals surface area contributed by atoms with E-state index in [0.717, 1.165) is 0 Å². The molecule has 4 rings (SSSR count). The summed E-state index contributed by atoms with van der Waals surface area (Å²) in [5.74, 6) is -1.54. The predicted octanol–water partition coefficient (Wildman–Crippen LogP) is 2.35. The molecule has 1 aliphatic heterocycles. The van der Waals surface area contributed by atoms with E-state index in [1.165, 1.54) is 16.8 Å². The van der Waals surface area contributed by atoms with Gasteiger partial charge in [-0.3, -0.25) is 9.13 Å². The van der Waals surface area contributed by atoms with E-state index in [1.54, 1.807) is 31.2 Å². The Labute approximate surface area is 214 Å². The van der Waals surface area contributed by atoms with Gasteiger partial charge in [0.25, 0.3) is 0 Å². The number of nitrogens with zero attached hydrogens (tertiary/aromatic N) is 3. The fourth-order valence-electron chi connectivity index (χ4n) is 3.99. The zero-order valence-corrected chi connectivity index (χ0v) is 21.7. The molecule has 1 aliphatic rings. The van der Waals surface area contributed by atoms with Gasteiger partial charge >= 0.3 is 15.2 Å². The van der Waals surface area contributed by atoms with Crippen molar-refractivity contribution in [2.45, 2.75) is 37.5 Å². The van der Waals surface area contributed by atoms with Crippen LogP contribution in [-0.4, -0.2) is 70.3 Å². The van der Waals surface area contributed by atoms with Crippen LogP contribution in [0, 0.1) is 5.82 Å². The van der Waals surface area contributed by atoms with Gasteiger partial charge < -0.3 is 44.0 Å². The van der Waals surface area contributed by atoms with Crippen molar-refractivity contribution in [3.8, 4) is 0 Å². The Morgan fingerprint density at radius 2 is 1.89 bits per heavy atom. The molecule has 0 radical (unpaired) electrons. The van der Waals surface area contributed by atoms with Crippen molar-refractivity contribution in [3.05, 3.63) is 53.2 Å². The van der Waals surface area contributed by atoms with Crippen LogP contribution in [0.1, 0.15) is 24.8 Å². The van der Waals surface area contributed by atoms with Crippen LogP contribution >= 0.6 is 26.8 Å². The van der Waals surface area contributed by atoms with E-state index in [2.05, 4.69) is 15.3 Å². The Balaban J connectivity index is 1.56. The number of ether oxygens (including phenoxy) is 1. The average Bonchev–Trinajstić information content (AvgIpc) is 3.32. The molecule has 6 atom stereocenters. The van der Waals surface area contributed by atoms with E-state index >= 15 is 0 Å². The van der Waals surface area contributed by atoms with Crippen LogP contribution in [0.5, 0.6) is 0 Å². The third-order valence-electron chi connectivity index (χ3n) is 5.68. The number of aliphatic hydroxyl groups excluding tert-OH is 2. The molecule has 3 aromatic rings. The molecule has 0 bridgehead atoms. The van der Waals surface area contributed by atoms with Gasteiger partial charge in [-0.1, -0.05) is 18.2 Å². The van der Waals surface area contributed by atoms with Gasteiger partial charge in [-0.25, -0.2) is 9.37 Å². The normalized spacial score (nSPS) is 24.8. The first-order valence-electron chi connectivity index (χ1n) is 10.8. The number of rotatable bonds is 9. The molecular weight excluding hydrogens is 557 g/mol. The highest BCUT2D eigenvalue weighted by Gasteiger charge is 2.45. The Bertz CT molecular complexity index is 1390. The zero-order chi connectivity index (χ0) is 27.1. The summed E-state index contributed by atoms with van der Waals surface area (Å²) in [6.45, 7) is 0.999. The maximum Gasteiger partial charge on any atom is 0.340 e. The minimum absolute atomic E-state index is 0.165. The average molecular weight is 581 g/mol. The van der Waals surface area contributed by atoms with Gasteiger partial charge in [0.05, 0.1) is 18.0 Å². The van der Waals surface area contributed by atoms with Gasteiger partial charge in [0.15, 0.2) is 12.1 Å². The highest BCUT2D eigenvalue weighted by atomic mass is 35.5. The maximum atomic E-state index is 14.2. The van der Waals surface area contributed by atoms with Crippen molar-refractivity contribution in [1.29, 1.82) is 0 Å². The van der Waals surface area contributed by atoms with Crippen LogP contribution in [0.4, 0.5) is 10.2 Å². The maximum absolute atomic E-state index is 14.2. The number of nitrogens with one attached hydrogen (secondary N) is 1. The number of hydrogen-bond acceptors (Lipinski definition) is 9. The summed E-state index contributed by atoms with van der Waals surface area (Å²) in [4.78, 5) is 35.8. The third kappa shape index (κ3) is 6.37. The molecule has 17 heteroatoms.